The van der Waals surface area contributed by atoms with E-state index in [0.29, 0.717) is 5.75 Å². The minimum Gasteiger partial charge on any atom is -0.497 e. The summed E-state index contributed by atoms with van der Waals surface area (Å²) in [7, 11) is -2.33. The summed E-state index contributed by atoms with van der Waals surface area (Å²) in [5.74, 6) is -0.324. The van der Waals surface area contributed by atoms with Gasteiger partial charge in [0.15, 0.2) is 0 Å². The predicted octanol–water partition coefficient (Wildman–Crippen LogP) is 3.71. The third-order valence-electron chi connectivity index (χ3n) is 4.96. The van der Waals surface area contributed by atoms with Gasteiger partial charge in [0.05, 0.1) is 29.1 Å². The number of benzene rings is 2. The number of amides is 2. The summed E-state index contributed by atoms with van der Waals surface area (Å²) in [5.41, 5.74) is 0.906. The number of carbonyl (C=O) groups excluding carboxylic acids is 2. The van der Waals surface area contributed by atoms with E-state index in [2.05, 4.69) is 5.32 Å². The van der Waals surface area contributed by atoms with Gasteiger partial charge in [0, 0.05) is 12.6 Å². The molecule has 0 bridgehead atoms. The molecule has 0 aliphatic heterocycles. The third kappa shape index (κ3) is 7.51. The van der Waals surface area contributed by atoms with Crippen molar-refractivity contribution in [3.05, 3.63) is 58.1 Å². The van der Waals surface area contributed by atoms with Crippen LogP contribution in [-0.2, 0) is 26.2 Å². The Balaban J connectivity index is 2.42. The molecule has 0 heterocycles. The highest BCUT2D eigenvalue weighted by atomic mass is 35.5. The van der Waals surface area contributed by atoms with Crippen LogP contribution in [0.3, 0.4) is 0 Å². The van der Waals surface area contributed by atoms with Crippen molar-refractivity contribution in [3.63, 3.8) is 0 Å². The van der Waals surface area contributed by atoms with Gasteiger partial charge in [-0.25, -0.2) is 8.42 Å². The molecule has 186 valence electrons. The zero-order valence-corrected chi connectivity index (χ0v) is 22.0. The van der Waals surface area contributed by atoms with E-state index in [9.17, 15) is 18.0 Å². The number of hydrogen-bond donors (Lipinski definition) is 1. The van der Waals surface area contributed by atoms with Gasteiger partial charge < -0.3 is 15.0 Å². The first-order valence-corrected chi connectivity index (χ1v) is 13.1. The SMILES string of the molecule is COc1cccc(CN(C(=O)CN(c2ccc(Cl)c(Cl)c2)S(C)(=O)=O)C(C)C(=O)NC(C)C)c1. The number of carbonyl (C=O) groups is 2. The second kappa shape index (κ2) is 11.8. The fourth-order valence-electron chi connectivity index (χ4n) is 3.21. The molecule has 2 aromatic rings. The third-order valence-corrected chi connectivity index (χ3v) is 6.84. The first kappa shape index (κ1) is 27.8. The van der Waals surface area contributed by atoms with Gasteiger partial charge in [0.25, 0.3) is 0 Å². The van der Waals surface area contributed by atoms with Crippen molar-refractivity contribution in [2.45, 2.75) is 39.4 Å². The van der Waals surface area contributed by atoms with Crippen LogP contribution in [0.1, 0.15) is 26.3 Å². The van der Waals surface area contributed by atoms with Crippen LogP contribution in [0.5, 0.6) is 5.75 Å². The summed E-state index contributed by atoms with van der Waals surface area (Å²) in [5, 5.41) is 3.20. The van der Waals surface area contributed by atoms with Crippen molar-refractivity contribution in [1.29, 1.82) is 0 Å². The summed E-state index contributed by atoms with van der Waals surface area (Å²) < 4.78 is 31.3. The molecule has 0 aliphatic carbocycles. The van der Waals surface area contributed by atoms with Crippen LogP contribution in [0.2, 0.25) is 10.0 Å². The maximum Gasteiger partial charge on any atom is 0.244 e. The van der Waals surface area contributed by atoms with Crippen molar-refractivity contribution in [2.24, 2.45) is 0 Å². The van der Waals surface area contributed by atoms with E-state index >= 15 is 0 Å². The Morgan fingerprint density at radius 3 is 2.29 bits per heavy atom. The number of rotatable bonds is 10. The number of hydrogen-bond acceptors (Lipinski definition) is 5. The Hall–Kier alpha value is -2.49. The number of halogens is 2. The van der Waals surface area contributed by atoms with Gasteiger partial charge in [-0.05, 0) is 56.7 Å². The van der Waals surface area contributed by atoms with Gasteiger partial charge in [-0.1, -0.05) is 35.3 Å². The molecule has 0 aromatic heterocycles. The fraction of sp³-hybridized carbons (Fsp3) is 0.391. The highest BCUT2D eigenvalue weighted by molar-refractivity contribution is 7.92. The maximum atomic E-state index is 13.5. The molecular weight excluding hydrogens is 501 g/mol. The van der Waals surface area contributed by atoms with Gasteiger partial charge >= 0.3 is 0 Å². The smallest absolute Gasteiger partial charge is 0.244 e. The lowest BCUT2D eigenvalue weighted by Gasteiger charge is -2.32. The summed E-state index contributed by atoms with van der Waals surface area (Å²) in [4.78, 5) is 27.6. The highest BCUT2D eigenvalue weighted by Crippen LogP contribution is 2.28. The largest absolute Gasteiger partial charge is 0.497 e. The average molecular weight is 530 g/mol. The van der Waals surface area contributed by atoms with Crippen LogP contribution in [0, 0.1) is 0 Å². The van der Waals surface area contributed by atoms with Crippen molar-refractivity contribution in [3.8, 4) is 5.75 Å². The fourth-order valence-corrected chi connectivity index (χ4v) is 4.34. The zero-order chi connectivity index (χ0) is 25.6. The standard InChI is InChI=1S/C23H29Cl2N3O5S/c1-15(2)26-23(30)16(3)27(13-17-7-6-8-19(11-17)33-4)22(29)14-28(34(5,31)32)18-9-10-20(24)21(25)12-18/h6-12,15-16H,13-14H2,1-5H3,(H,26,30). The molecule has 0 fully saturated rings. The Labute approximate surface area is 210 Å². The molecule has 0 aliphatic rings. The predicted molar refractivity (Wildman–Crippen MR) is 135 cm³/mol. The van der Waals surface area contributed by atoms with Gasteiger partial charge in [0.1, 0.15) is 18.3 Å². The normalized spacial score (nSPS) is 12.2. The number of sulfonamides is 1. The molecule has 0 saturated heterocycles. The van der Waals surface area contributed by atoms with Gasteiger partial charge in [0.2, 0.25) is 21.8 Å². The molecule has 1 unspecified atom stereocenters. The van der Waals surface area contributed by atoms with Crippen molar-refractivity contribution in [1.82, 2.24) is 10.2 Å². The van der Waals surface area contributed by atoms with Gasteiger partial charge in [-0.2, -0.15) is 0 Å². The first-order valence-electron chi connectivity index (χ1n) is 10.5. The lowest BCUT2D eigenvalue weighted by Crippen LogP contribution is -2.52. The lowest BCUT2D eigenvalue weighted by atomic mass is 10.1. The van der Waals surface area contributed by atoms with Crippen molar-refractivity contribution >= 4 is 50.7 Å². The molecule has 0 spiro atoms. The van der Waals surface area contributed by atoms with E-state index in [0.717, 1.165) is 16.1 Å². The number of nitrogens with one attached hydrogen (secondary N) is 1. The van der Waals surface area contributed by atoms with Crippen LogP contribution in [0.25, 0.3) is 0 Å². The minimum absolute atomic E-state index is 0.0711. The van der Waals surface area contributed by atoms with Crippen LogP contribution < -0.4 is 14.4 Å². The minimum atomic E-state index is -3.86. The Kier molecular flexibility index (Phi) is 9.61. The molecule has 11 heteroatoms. The molecule has 1 atom stereocenters. The molecule has 8 nitrogen and oxygen atoms in total. The second-order valence-electron chi connectivity index (χ2n) is 8.08. The summed E-state index contributed by atoms with van der Waals surface area (Å²) >= 11 is 12.0. The van der Waals surface area contributed by atoms with E-state index in [4.69, 9.17) is 27.9 Å². The maximum absolute atomic E-state index is 13.5. The average Bonchev–Trinajstić information content (AvgIpc) is 2.76. The molecular formula is C23H29Cl2N3O5S. The number of methoxy groups -OCH3 is 1. The van der Waals surface area contributed by atoms with Crippen LogP contribution in [0.4, 0.5) is 5.69 Å². The molecule has 0 radical (unpaired) electrons. The van der Waals surface area contributed by atoms with E-state index in [1.54, 1.807) is 31.2 Å². The van der Waals surface area contributed by atoms with Gasteiger partial charge in [-0.15, -0.1) is 0 Å². The summed E-state index contributed by atoms with van der Waals surface area (Å²) in [6.45, 7) is 4.77. The second-order valence-corrected chi connectivity index (χ2v) is 10.8. The Morgan fingerprint density at radius 2 is 1.74 bits per heavy atom. The zero-order valence-electron chi connectivity index (χ0n) is 19.7. The van der Waals surface area contributed by atoms with E-state index in [-0.39, 0.29) is 34.2 Å². The van der Waals surface area contributed by atoms with Crippen LogP contribution in [0.15, 0.2) is 42.5 Å². The van der Waals surface area contributed by atoms with E-state index < -0.39 is 28.5 Å². The van der Waals surface area contributed by atoms with Crippen molar-refractivity contribution < 1.29 is 22.7 Å². The summed E-state index contributed by atoms with van der Waals surface area (Å²) in [6.07, 6.45) is 0.990. The van der Waals surface area contributed by atoms with Crippen molar-refractivity contribution in [2.75, 3.05) is 24.2 Å². The quantitative estimate of drug-likeness (QED) is 0.506. The monoisotopic (exact) mass is 529 g/mol. The van der Waals surface area contributed by atoms with Crippen LogP contribution >= 0.6 is 23.2 Å². The number of nitrogens with zero attached hydrogens (tertiary/aromatic N) is 2. The topological polar surface area (TPSA) is 96.0 Å². The Bertz CT molecular complexity index is 1140. The van der Waals surface area contributed by atoms with Gasteiger partial charge in [-0.3, -0.25) is 13.9 Å². The molecule has 2 amide bonds. The summed E-state index contributed by atoms with van der Waals surface area (Å²) in [6, 6.07) is 10.4. The van der Waals surface area contributed by atoms with E-state index in [1.165, 1.54) is 30.2 Å². The molecule has 34 heavy (non-hydrogen) atoms. The Morgan fingerprint density at radius 1 is 1.06 bits per heavy atom. The molecule has 1 N–H and O–H groups in total. The molecule has 2 aromatic carbocycles. The number of anilines is 1. The van der Waals surface area contributed by atoms with Crippen LogP contribution in [-0.4, -0.2) is 57.1 Å². The first-order chi connectivity index (χ1) is 15.8. The number of ether oxygens (including phenoxy) is 1. The van der Waals surface area contributed by atoms with E-state index in [1.807, 2.05) is 13.8 Å². The lowest BCUT2D eigenvalue weighted by molar-refractivity contribution is -0.139. The highest BCUT2D eigenvalue weighted by Gasteiger charge is 2.30. The molecule has 0 saturated carbocycles. The molecule has 2 rings (SSSR count).